The van der Waals surface area contributed by atoms with Gasteiger partial charge in [-0.05, 0) is 56.2 Å². The van der Waals surface area contributed by atoms with Gasteiger partial charge in [0.15, 0.2) is 0 Å². The van der Waals surface area contributed by atoms with Crippen molar-refractivity contribution in [2.24, 2.45) is 0 Å². The van der Waals surface area contributed by atoms with Crippen molar-refractivity contribution in [1.29, 1.82) is 0 Å². The largest absolute Gasteiger partial charge is 0.322 e. The molecular formula is C21H20ClN5O2S. The summed E-state index contributed by atoms with van der Waals surface area (Å²) in [7, 11) is 0. The number of carbonyl (C=O) groups excluding carboxylic acids is 2. The van der Waals surface area contributed by atoms with Gasteiger partial charge in [-0.1, -0.05) is 40.6 Å². The highest BCUT2D eigenvalue weighted by molar-refractivity contribution is 7.13. The Morgan fingerprint density at radius 3 is 2.43 bits per heavy atom. The van der Waals surface area contributed by atoms with Crippen molar-refractivity contribution < 1.29 is 9.59 Å². The molecule has 0 saturated carbocycles. The number of carbonyl (C=O) groups is 2. The van der Waals surface area contributed by atoms with Gasteiger partial charge in [0.1, 0.15) is 5.01 Å². The minimum Gasteiger partial charge on any atom is -0.320 e. The van der Waals surface area contributed by atoms with Crippen LogP contribution in [0.25, 0.3) is 0 Å². The minimum atomic E-state index is -0.338. The molecule has 154 valence electrons. The Hall–Kier alpha value is -2.97. The van der Waals surface area contributed by atoms with E-state index in [4.69, 9.17) is 11.6 Å². The Kier molecular flexibility index (Phi) is 5.96. The number of amides is 3. The van der Waals surface area contributed by atoms with Crippen molar-refractivity contribution in [3.8, 4) is 0 Å². The third kappa shape index (κ3) is 4.60. The molecule has 4 rings (SSSR count). The lowest BCUT2D eigenvalue weighted by Crippen LogP contribution is -2.34. The molecule has 30 heavy (non-hydrogen) atoms. The second-order valence-corrected chi connectivity index (χ2v) is 8.50. The van der Waals surface area contributed by atoms with E-state index in [-0.39, 0.29) is 23.0 Å². The van der Waals surface area contributed by atoms with Crippen molar-refractivity contribution in [3.63, 3.8) is 0 Å². The van der Waals surface area contributed by atoms with E-state index in [9.17, 15) is 9.59 Å². The van der Waals surface area contributed by atoms with E-state index < -0.39 is 0 Å². The minimum absolute atomic E-state index is 0.177. The number of aromatic nitrogens is 2. The van der Waals surface area contributed by atoms with Gasteiger partial charge in [-0.25, -0.2) is 4.79 Å². The highest BCUT2D eigenvalue weighted by Gasteiger charge is 2.33. The van der Waals surface area contributed by atoms with Gasteiger partial charge in [0.05, 0.1) is 6.04 Å². The lowest BCUT2D eigenvalue weighted by molar-refractivity contribution is 0.102. The molecule has 1 aliphatic rings. The second-order valence-electron chi connectivity index (χ2n) is 7.05. The molecular weight excluding hydrogens is 422 g/mol. The standard InChI is InChI=1S/C21H20ClN5O2S/c1-13-4-8-16(9-5-13)24-21(29)27-12-2-3-17(27)19-25-26-20(30-19)18(28)23-15-10-6-14(22)7-11-15/h4-11,17H,2-3,12H2,1H3,(H,23,28)(H,24,29)/t17-/m0/s1. The Morgan fingerprint density at radius 1 is 1.03 bits per heavy atom. The molecule has 3 amide bonds. The maximum atomic E-state index is 12.8. The number of anilines is 2. The normalized spacial score (nSPS) is 15.8. The van der Waals surface area contributed by atoms with Crippen LogP contribution in [0, 0.1) is 6.92 Å². The predicted octanol–water partition coefficient (Wildman–Crippen LogP) is 5.12. The zero-order chi connectivity index (χ0) is 21.1. The summed E-state index contributed by atoms with van der Waals surface area (Å²) in [5, 5.41) is 15.4. The smallest absolute Gasteiger partial charge is 0.320 e. The van der Waals surface area contributed by atoms with Gasteiger partial charge >= 0.3 is 6.03 Å². The van der Waals surface area contributed by atoms with Crippen molar-refractivity contribution in [2.75, 3.05) is 17.2 Å². The van der Waals surface area contributed by atoms with Gasteiger partial charge in [-0.15, -0.1) is 10.2 Å². The number of hydrogen-bond donors (Lipinski definition) is 2. The van der Waals surface area contributed by atoms with Crippen LogP contribution in [0.5, 0.6) is 0 Å². The molecule has 1 aromatic heterocycles. The van der Waals surface area contributed by atoms with Gasteiger partial charge in [0.2, 0.25) is 5.01 Å². The van der Waals surface area contributed by atoms with E-state index in [1.54, 1.807) is 29.2 Å². The molecule has 0 spiro atoms. The van der Waals surface area contributed by atoms with Gasteiger partial charge in [-0.2, -0.15) is 0 Å². The Balaban J connectivity index is 1.43. The van der Waals surface area contributed by atoms with Crippen molar-refractivity contribution in [2.45, 2.75) is 25.8 Å². The number of aryl methyl sites for hydroxylation is 1. The average Bonchev–Trinajstić information content (AvgIpc) is 3.40. The Morgan fingerprint density at radius 2 is 1.70 bits per heavy atom. The van der Waals surface area contributed by atoms with Crippen LogP contribution in [0.1, 0.15) is 39.3 Å². The Bertz CT molecular complexity index is 1050. The van der Waals surface area contributed by atoms with Crippen LogP contribution >= 0.6 is 22.9 Å². The number of benzene rings is 2. The first kappa shape index (κ1) is 20.3. The molecule has 1 fully saturated rings. The molecule has 1 saturated heterocycles. The second kappa shape index (κ2) is 8.81. The topological polar surface area (TPSA) is 87.2 Å². The summed E-state index contributed by atoms with van der Waals surface area (Å²) >= 11 is 7.08. The first-order valence-electron chi connectivity index (χ1n) is 9.54. The fourth-order valence-corrected chi connectivity index (χ4v) is 4.29. The molecule has 2 heterocycles. The highest BCUT2D eigenvalue weighted by Crippen LogP contribution is 2.34. The molecule has 0 radical (unpaired) electrons. The molecule has 0 bridgehead atoms. The summed E-state index contributed by atoms with van der Waals surface area (Å²) < 4.78 is 0. The van der Waals surface area contributed by atoms with Gasteiger partial charge in [0.25, 0.3) is 5.91 Å². The maximum absolute atomic E-state index is 12.8. The van der Waals surface area contributed by atoms with E-state index >= 15 is 0 Å². The molecule has 0 unspecified atom stereocenters. The van der Waals surface area contributed by atoms with Crippen LogP contribution in [0.2, 0.25) is 5.02 Å². The number of halogens is 1. The maximum Gasteiger partial charge on any atom is 0.322 e. The summed E-state index contributed by atoms with van der Waals surface area (Å²) in [5.74, 6) is -0.338. The summed E-state index contributed by atoms with van der Waals surface area (Å²) in [6, 6.07) is 14.1. The van der Waals surface area contributed by atoms with Crippen LogP contribution in [-0.4, -0.2) is 33.6 Å². The molecule has 2 N–H and O–H groups in total. The monoisotopic (exact) mass is 441 g/mol. The van der Waals surface area contributed by atoms with E-state index in [0.717, 1.165) is 24.1 Å². The van der Waals surface area contributed by atoms with Crippen molar-refractivity contribution >= 4 is 46.3 Å². The summed E-state index contributed by atoms with van der Waals surface area (Å²) in [6.45, 7) is 2.63. The molecule has 1 aliphatic heterocycles. The third-order valence-corrected chi connectivity index (χ3v) is 6.11. The van der Waals surface area contributed by atoms with Crippen molar-refractivity contribution in [1.82, 2.24) is 15.1 Å². The van der Waals surface area contributed by atoms with Gasteiger partial charge < -0.3 is 15.5 Å². The number of likely N-dealkylation sites (tertiary alicyclic amines) is 1. The van der Waals surface area contributed by atoms with Crippen LogP contribution in [0.3, 0.4) is 0 Å². The lowest BCUT2D eigenvalue weighted by atomic mass is 10.2. The van der Waals surface area contributed by atoms with E-state index in [0.29, 0.717) is 22.3 Å². The Labute approximate surface area is 183 Å². The third-order valence-electron chi connectivity index (χ3n) is 4.84. The fourth-order valence-electron chi connectivity index (χ4n) is 3.28. The molecule has 0 aliphatic carbocycles. The van der Waals surface area contributed by atoms with E-state index in [1.165, 1.54) is 11.3 Å². The number of nitrogens with zero attached hydrogens (tertiary/aromatic N) is 3. The quantitative estimate of drug-likeness (QED) is 0.588. The first-order valence-corrected chi connectivity index (χ1v) is 10.7. The van der Waals surface area contributed by atoms with Crippen LogP contribution < -0.4 is 10.6 Å². The zero-order valence-corrected chi connectivity index (χ0v) is 17.8. The average molecular weight is 442 g/mol. The predicted molar refractivity (Wildman–Crippen MR) is 118 cm³/mol. The number of hydrogen-bond acceptors (Lipinski definition) is 5. The van der Waals surface area contributed by atoms with Gasteiger partial charge in [0, 0.05) is 22.9 Å². The number of nitrogens with one attached hydrogen (secondary N) is 2. The zero-order valence-electron chi connectivity index (χ0n) is 16.3. The van der Waals surface area contributed by atoms with Crippen LogP contribution in [0.4, 0.5) is 16.2 Å². The number of rotatable bonds is 4. The van der Waals surface area contributed by atoms with Crippen LogP contribution in [-0.2, 0) is 0 Å². The summed E-state index contributed by atoms with van der Waals surface area (Å²) in [5.41, 5.74) is 2.50. The van der Waals surface area contributed by atoms with Crippen molar-refractivity contribution in [3.05, 3.63) is 69.1 Å². The summed E-state index contributed by atoms with van der Waals surface area (Å²) in [4.78, 5) is 27.0. The van der Waals surface area contributed by atoms with E-state index in [1.807, 2.05) is 31.2 Å². The van der Waals surface area contributed by atoms with Crippen LogP contribution in [0.15, 0.2) is 48.5 Å². The molecule has 2 aromatic carbocycles. The SMILES string of the molecule is Cc1ccc(NC(=O)N2CCC[C@H]2c2nnc(C(=O)Nc3ccc(Cl)cc3)s2)cc1. The fraction of sp³-hybridized carbons (Fsp3) is 0.238. The lowest BCUT2D eigenvalue weighted by Gasteiger charge is -2.23. The summed E-state index contributed by atoms with van der Waals surface area (Å²) in [6.07, 6.45) is 1.66. The van der Waals surface area contributed by atoms with E-state index in [2.05, 4.69) is 20.8 Å². The van der Waals surface area contributed by atoms with Gasteiger partial charge in [-0.3, -0.25) is 4.79 Å². The highest BCUT2D eigenvalue weighted by atomic mass is 35.5. The first-order chi connectivity index (χ1) is 14.5. The molecule has 1 atom stereocenters. The number of urea groups is 1. The molecule has 9 heteroatoms. The molecule has 7 nitrogen and oxygen atoms in total. The molecule has 3 aromatic rings.